The number of benzene rings is 1. The van der Waals surface area contributed by atoms with E-state index in [0.29, 0.717) is 11.3 Å². The van der Waals surface area contributed by atoms with Crippen LogP contribution in [0.4, 0.5) is 0 Å². The smallest absolute Gasteiger partial charge is 0.226 e. The molecule has 0 heterocycles. The summed E-state index contributed by atoms with van der Waals surface area (Å²) < 4.78 is 5.35. The Bertz CT molecular complexity index is 378. The zero-order valence-electron chi connectivity index (χ0n) is 9.43. The Balaban J connectivity index is 3.42. The zero-order chi connectivity index (χ0) is 11.6. The van der Waals surface area contributed by atoms with E-state index in [1.54, 1.807) is 35.8 Å². The lowest BCUT2D eigenvalue weighted by Crippen LogP contribution is -2.14. The van der Waals surface area contributed by atoms with Crippen LogP contribution in [0.1, 0.15) is 36.7 Å². The predicted molar refractivity (Wildman–Crippen MR) is 70.0 cm³/mol. The van der Waals surface area contributed by atoms with Gasteiger partial charge in [-0.2, -0.15) is 0 Å². The van der Waals surface area contributed by atoms with Crippen LogP contribution in [0.25, 0.3) is 0 Å². The van der Waals surface area contributed by atoms with Crippen molar-refractivity contribution in [1.82, 2.24) is 0 Å². The molecule has 0 aromatic heterocycles. The number of hydrogen-bond acceptors (Lipinski definition) is 2. The molecular weight excluding hydrogens is 303 g/mol. The summed E-state index contributed by atoms with van der Waals surface area (Å²) in [5.41, 5.74) is 1.69. The first kappa shape index (κ1) is 12.5. The molecule has 0 saturated carbocycles. The number of carbonyl (C=O) groups is 1. The fourth-order valence-electron chi connectivity index (χ4n) is 1.50. The highest BCUT2D eigenvalue weighted by atomic mass is 127. The van der Waals surface area contributed by atoms with Crippen molar-refractivity contribution >= 4 is 26.4 Å². The quantitative estimate of drug-likeness (QED) is 0.615. The molecule has 0 fully saturated rings. The normalized spacial score (nSPS) is 11.3. The molecule has 0 amide bonds. The lowest BCUT2D eigenvalue weighted by atomic mass is 9.85. The van der Waals surface area contributed by atoms with Gasteiger partial charge in [-0.25, -0.2) is 0 Å². The van der Waals surface area contributed by atoms with Gasteiger partial charge in [0.2, 0.25) is 3.79 Å². The number of carbonyl (C=O) groups excluding carboxylic acids is 1. The van der Waals surface area contributed by atoms with E-state index in [-0.39, 0.29) is 9.20 Å². The van der Waals surface area contributed by atoms with Gasteiger partial charge in [0.05, 0.1) is 12.7 Å². The first-order valence-electron chi connectivity index (χ1n) is 4.75. The molecule has 1 aromatic rings. The van der Waals surface area contributed by atoms with Crippen LogP contribution in [-0.4, -0.2) is 10.9 Å². The first-order valence-corrected chi connectivity index (χ1v) is 5.83. The topological polar surface area (TPSA) is 26.3 Å². The van der Waals surface area contributed by atoms with Gasteiger partial charge in [0, 0.05) is 28.2 Å². The maximum absolute atomic E-state index is 11.4. The molecule has 0 bridgehead atoms. The van der Waals surface area contributed by atoms with Crippen LogP contribution in [0.2, 0.25) is 0 Å². The fraction of sp³-hybridized carbons (Fsp3) is 0.417. The highest BCUT2D eigenvalue weighted by Gasteiger charge is 2.22. The molecule has 15 heavy (non-hydrogen) atoms. The van der Waals surface area contributed by atoms with Gasteiger partial charge in [0.15, 0.2) is 0 Å². The first-order chi connectivity index (χ1) is 6.88. The predicted octanol–water partition coefficient (Wildman–Crippen LogP) is 3.57. The van der Waals surface area contributed by atoms with Gasteiger partial charge >= 0.3 is 0 Å². The molecule has 0 N–H and O–H groups in total. The second kappa shape index (κ2) is 4.51. The minimum atomic E-state index is -0.0204. The van der Waals surface area contributed by atoms with Crippen LogP contribution >= 0.6 is 22.6 Å². The van der Waals surface area contributed by atoms with Crippen molar-refractivity contribution < 1.29 is 9.53 Å². The van der Waals surface area contributed by atoms with Crippen LogP contribution < -0.4 is 4.74 Å². The van der Waals surface area contributed by atoms with Crippen LogP contribution in [0.3, 0.4) is 0 Å². The third kappa shape index (κ3) is 2.71. The molecule has 0 saturated heterocycles. The Kier molecular flexibility index (Phi) is 3.76. The van der Waals surface area contributed by atoms with Gasteiger partial charge < -0.3 is 4.74 Å². The van der Waals surface area contributed by atoms with Crippen molar-refractivity contribution in [3.05, 3.63) is 29.3 Å². The lowest BCUT2D eigenvalue weighted by molar-refractivity contribution is 0.110. The third-order valence-electron chi connectivity index (χ3n) is 2.24. The van der Waals surface area contributed by atoms with E-state index in [9.17, 15) is 4.79 Å². The van der Waals surface area contributed by atoms with Crippen LogP contribution in [-0.2, 0) is 5.41 Å². The van der Waals surface area contributed by atoms with E-state index in [2.05, 4.69) is 20.8 Å². The third-order valence-corrected chi connectivity index (χ3v) is 2.82. The van der Waals surface area contributed by atoms with Crippen molar-refractivity contribution in [2.24, 2.45) is 0 Å². The molecule has 0 atom stereocenters. The van der Waals surface area contributed by atoms with Crippen molar-refractivity contribution in [3.8, 4) is 5.75 Å². The summed E-state index contributed by atoms with van der Waals surface area (Å²) in [5, 5.41) is 0. The number of halogens is 1. The Labute approximate surface area is 104 Å². The summed E-state index contributed by atoms with van der Waals surface area (Å²) in [6, 6.07) is 5.69. The summed E-state index contributed by atoms with van der Waals surface area (Å²) >= 11 is 1.78. The average molecular weight is 318 g/mol. The number of rotatable bonds is 2. The number of para-hydroxylation sites is 1. The van der Waals surface area contributed by atoms with Crippen LogP contribution in [0, 0.1) is 0 Å². The highest BCUT2D eigenvalue weighted by Crippen LogP contribution is 2.34. The van der Waals surface area contributed by atoms with E-state index in [1.165, 1.54) is 0 Å². The number of ether oxygens (including phenoxy) is 1. The molecule has 2 nitrogen and oxygen atoms in total. The maximum Gasteiger partial charge on any atom is 0.226 e. The van der Waals surface area contributed by atoms with Crippen molar-refractivity contribution in [1.29, 1.82) is 0 Å². The van der Waals surface area contributed by atoms with Crippen LogP contribution in [0.15, 0.2) is 18.2 Å². The second-order valence-corrected chi connectivity index (χ2v) is 5.39. The van der Waals surface area contributed by atoms with E-state index >= 15 is 0 Å². The van der Waals surface area contributed by atoms with Gasteiger partial charge in [-0.3, -0.25) is 4.79 Å². The minimum absolute atomic E-state index is 0.00977. The molecule has 1 rings (SSSR count). The van der Waals surface area contributed by atoms with E-state index < -0.39 is 0 Å². The zero-order valence-corrected chi connectivity index (χ0v) is 11.6. The average Bonchev–Trinajstić information content (AvgIpc) is 2.15. The van der Waals surface area contributed by atoms with Gasteiger partial charge in [-0.05, 0) is 11.5 Å². The van der Waals surface area contributed by atoms with Crippen molar-refractivity contribution in [2.75, 3.05) is 7.11 Å². The molecule has 0 aliphatic rings. The van der Waals surface area contributed by atoms with Crippen molar-refractivity contribution in [2.45, 2.75) is 26.2 Å². The molecule has 0 unspecified atom stereocenters. The largest absolute Gasteiger partial charge is 0.496 e. The molecule has 0 aliphatic heterocycles. The molecular formula is C12H15IO2. The summed E-state index contributed by atoms with van der Waals surface area (Å²) in [6.07, 6.45) is 0. The summed E-state index contributed by atoms with van der Waals surface area (Å²) in [4.78, 5) is 11.4. The van der Waals surface area contributed by atoms with Gasteiger partial charge in [0.1, 0.15) is 5.75 Å². The molecule has 82 valence electrons. The van der Waals surface area contributed by atoms with E-state index in [0.717, 1.165) is 5.56 Å². The highest BCUT2D eigenvalue weighted by molar-refractivity contribution is 14.1. The molecule has 0 aliphatic carbocycles. The maximum atomic E-state index is 11.4. The van der Waals surface area contributed by atoms with Crippen LogP contribution in [0.5, 0.6) is 5.75 Å². The SMILES string of the molecule is COc1c(C(=O)I)cccc1C(C)(C)C. The van der Waals surface area contributed by atoms with Gasteiger partial charge in [0.25, 0.3) is 0 Å². The van der Waals surface area contributed by atoms with Gasteiger partial charge in [-0.15, -0.1) is 0 Å². The molecule has 1 aromatic carbocycles. The Morgan fingerprint density at radius 2 is 1.93 bits per heavy atom. The lowest BCUT2D eigenvalue weighted by Gasteiger charge is -2.23. The summed E-state index contributed by atoms with van der Waals surface area (Å²) in [6.45, 7) is 6.31. The Morgan fingerprint density at radius 3 is 2.33 bits per heavy atom. The Hall–Kier alpha value is -0.580. The molecule has 3 heteroatoms. The molecule has 0 spiro atoms. The number of hydrogen-bond donors (Lipinski definition) is 0. The van der Waals surface area contributed by atoms with Crippen molar-refractivity contribution in [3.63, 3.8) is 0 Å². The minimum Gasteiger partial charge on any atom is -0.496 e. The standard InChI is InChI=1S/C12H15IO2/c1-12(2,3)9-7-5-6-8(11(13)14)10(9)15-4/h5-7H,1-4H3. The van der Waals surface area contributed by atoms with E-state index in [1.807, 2.05) is 12.1 Å². The number of methoxy groups -OCH3 is 1. The fourth-order valence-corrected chi connectivity index (χ4v) is 1.93. The van der Waals surface area contributed by atoms with Gasteiger partial charge in [-0.1, -0.05) is 32.9 Å². The Morgan fingerprint density at radius 1 is 1.33 bits per heavy atom. The van der Waals surface area contributed by atoms with E-state index in [4.69, 9.17) is 4.74 Å². The summed E-state index contributed by atoms with van der Waals surface area (Å²) in [7, 11) is 1.60. The molecule has 0 radical (unpaired) electrons. The summed E-state index contributed by atoms with van der Waals surface area (Å²) in [5.74, 6) is 0.699. The second-order valence-electron chi connectivity index (χ2n) is 4.41. The monoisotopic (exact) mass is 318 g/mol.